The number of Topliss-reactive ketones (excluding diaryl/α,β-unsaturated/α-hetero) is 1. The summed E-state index contributed by atoms with van der Waals surface area (Å²) in [7, 11) is 0. The molecule has 0 aliphatic carbocycles. The Morgan fingerprint density at radius 2 is 1.88 bits per heavy atom. The van der Waals surface area contributed by atoms with Crippen molar-refractivity contribution in [1.29, 1.82) is 0 Å². The van der Waals surface area contributed by atoms with Crippen LogP contribution in [0.2, 0.25) is 0 Å². The molecular weight excluding hydrogens is 196 g/mol. The number of unbranched alkanes of at least 4 members (excludes halogenated alkanes) is 3. The van der Waals surface area contributed by atoms with E-state index in [-0.39, 0.29) is 0 Å². The molecule has 0 aromatic heterocycles. The van der Waals surface area contributed by atoms with Gasteiger partial charge in [0, 0.05) is 12.8 Å². The molecule has 16 heavy (non-hydrogen) atoms. The highest BCUT2D eigenvalue weighted by Crippen LogP contribution is 2.07. The average Bonchev–Trinajstić information content (AvgIpc) is 2.33. The third-order valence-electron chi connectivity index (χ3n) is 2.68. The molecule has 0 aliphatic rings. The van der Waals surface area contributed by atoms with Gasteiger partial charge in [0.05, 0.1) is 0 Å². The van der Waals surface area contributed by atoms with Gasteiger partial charge in [-0.3, -0.25) is 4.79 Å². The molecule has 1 aromatic carbocycles. The Kier molecular flexibility index (Phi) is 6.55. The summed E-state index contributed by atoms with van der Waals surface area (Å²) in [5, 5.41) is 0. The van der Waals surface area contributed by atoms with Crippen molar-refractivity contribution in [3.05, 3.63) is 42.3 Å². The van der Waals surface area contributed by atoms with Gasteiger partial charge in [0.2, 0.25) is 0 Å². The van der Waals surface area contributed by atoms with Crippen molar-refractivity contribution in [1.82, 2.24) is 0 Å². The number of hydrogen-bond acceptors (Lipinski definition) is 1. The maximum atomic E-state index is 11.5. The van der Waals surface area contributed by atoms with Crippen molar-refractivity contribution in [3.63, 3.8) is 0 Å². The van der Waals surface area contributed by atoms with Crippen molar-refractivity contribution in [2.75, 3.05) is 0 Å². The topological polar surface area (TPSA) is 17.1 Å². The highest BCUT2D eigenvalue weighted by molar-refractivity contribution is 5.87. The summed E-state index contributed by atoms with van der Waals surface area (Å²) < 4.78 is 0. The maximum absolute atomic E-state index is 11.5. The van der Waals surface area contributed by atoms with E-state index in [1.807, 2.05) is 24.6 Å². The van der Waals surface area contributed by atoms with Gasteiger partial charge in [-0.2, -0.15) is 0 Å². The lowest BCUT2D eigenvalue weighted by Gasteiger charge is -2.01. The predicted octanol–water partition coefficient (Wildman–Crippen LogP) is 3.97. The molecule has 0 N–H and O–H groups in total. The van der Waals surface area contributed by atoms with Crippen LogP contribution in [0.1, 0.15) is 44.6 Å². The van der Waals surface area contributed by atoms with Gasteiger partial charge >= 0.3 is 0 Å². The van der Waals surface area contributed by atoms with Crippen molar-refractivity contribution < 1.29 is 4.79 Å². The Balaban J connectivity index is 2.11. The van der Waals surface area contributed by atoms with E-state index in [0.717, 1.165) is 12.8 Å². The maximum Gasteiger partial charge on any atom is 0.137 e. The molecule has 0 saturated heterocycles. The SMILES string of the molecule is CCCCCCC(=O)[CH]Cc1ccccc1. The van der Waals surface area contributed by atoms with E-state index in [9.17, 15) is 4.79 Å². The first-order valence-electron chi connectivity index (χ1n) is 6.23. The number of rotatable bonds is 8. The molecule has 1 nitrogen and oxygen atoms in total. The number of benzene rings is 1. The number of hydrogen-bond donors (Lipinski definition) is 0. The zero-order valence-corrected chi connectivity index (χ0v) is 10.1. The van der Waals surface area contributed by atoms with E-state index < -0.39 is 0 Å². The van der Waals surface area contributed by atoms with Crippen LogP contribution in [-0.2, 0) is 11.2 Å². The molecule has 0 bridgehead atoms. The number of carbonyl (C=O) groups excluding carboxylic acids is 1. The Morgan fingerprint density at radius 1 is 1.12 bits per heavy atom. The molecule has 0 atom stereocenters. The Hall–Kier alpha value is -1.11. The van der Waals surface area contributed by atoms with Gasteiger partial charge in [-0.15, -0.1) is 0 Å². The lowest BCUT2D eigenvalue weighted by molar-refractivity contribution is -0.116. The van der Waals surface area contributed by atoms with Gasteiger partial charge in [-0.25, -0.2) is 0 Å². The summed E-state index contributed by atoms with van der Waals surface area (Å²) in [6.45, 7) is 2.18. The molecule has 87 valence electrons. The lowest BCUT2D eigenvalue weighted by atomic mass is 10.0. The van der Waals surface area contributed by atoms with Gasteiger partial charge in [-0.05, 0) is 18.4 Å². The molecule has 0 aliphatic heterocycles. The van der Waals surface area contributed by atoms with Crippen LogP contribution in [0.3, 0.4) is 0 Å². The highest BCUT2D eigenvalue weighted by Gasteiger charge is 2.02. The van der Waals surface area contributed by atoms with Crippen LogP contribution >= 0.6 is 0 Å². The van der Waals surface area contributed by atoms with Gasteiger partial charge < -0.3 is 0 Å². The third-order valence-corrected chi connectivity index (χ3v) is 2.68. The highest BCUT2D eigenvalue weighted by atomic mass is 16.1. The second-order valence-electron chi connectivity index (χ2n) is 4.17. The first-order chi connectivity index (χ1) is 7.83. The van der Waals surface area contributed by atoms with Crippen LogP contribution in [0.5, 0.6) is 0 Å². The molecule has 1 heteroatoms. The number of ketones is 1. The molecule has 0 fully saturated rings. The van der Waals surface area contributed by atoms with E-state index in [0.29, 0.717) is 12.2 Å². The van der Waals surface area contributed by atoms with Crippen molar-refractivity contribution in [2.24, 2.45) is 0 Å². The van der Waals surface area contributed by atoms with Crippen LogP contribution in [-0.4, -0.2) is 5.78 Å². The summed E-state index contributed by atoms with van der Waals surface area (Å²) >= 11 is 0. The summed E-state index contributed by atoms with van der Waals surface area (Å²) in [6, 6.07) is 10.1. The quantitative estimate of drug-likeness (QED) is 0.602. The minimum atomic E-state index is 0.292. The molecule has 0 saturated carbocycles. The van der Waals surface area contributed by atoms with E-state index in [1.54, 1.807) is 0 Å². The summed E-state index contributed by atoms with van der Waals surface area (Å²) in [6.07, 6.45) is 7.99. The minimum absolute atomic E-state index is 0.292. The first kappa shape index (κ1) is 13.0. The van der Waals surface area contributed by atoms with Crippen LogP contribution in [0, 0.1) is 6.42 Å². The van der Waals surface area contributed by atoms with Crippen molar-refractivity contribution in [3.8, 4) is 0 Å². The van der Waals surface area contributed by atoms with Gasteiger partial charge in [-0.1, -0.05) is 56.5 Å². The van der Waals surface area contributed by atoms with Gasteiger partial charge in [0.15, 0.2) is 0 Å². The van der Waals surface area contributed by atoms with Crippen LogP contribution in [0.4, 0.5) is 0 Å². The zero-order chi connectivity index (χ0) is 11.6. The Labute approximate surface area is 98.9 Å². The largest absolute Gasteiger partial charge is 0.299 e. The van der Waals surface area contributed by atoms with Crippen LogP contribution < -0.4 is 0 Å². The smallest absolute Gasteiger partial charge is 0.137 e. The van der Waals surface area contributed by atoms with Gasteiger partial charge in [0.1, 0.15) is 5.78 Å². The van der Waals surface area contributed by atoms with E-state index in [1.165, 1.54) is 24.8 Å². The van der Waals surface area contributed by atoms with E-state index in [4.69, 9.17) is 0 Å². The summed E-state index contributed by atoms with van der Waals surface area (Å²) in [5.41, 5.74) is 1.21. The first-order valence-corrected chi connectivity index (χ1v) is 6.23. The third kappa shape index (κ3) is 5.69. The molecular formula is C15H21O. The van der Waals surface area contributed by atoms with Gasteiger partial charge in [0.25, 0.3) is 0 Å². The fourth-order valence-electron chi connectivity index (χ4n) is 1.67. The zero-order valence-electron chi connectivity index (χ0n) is 10.1. The normalized spacial score (nSPS) is 10.3. The Bertz CT molecular complexity index is 290. The van der Waals surface area contributed by atoms with Crippen LogP contribution in [0.25, 0.3) is 0 Å². The fourth-order valence-corrected chi connectivity index (χ4v) is 1.67. The standard InChI is InChI=1S/C15H21O/c1-2-3-4-8-11-15(16)13-12-14-9-6-5-7-10-14/h5-7,9-10,13H,2-4,8,11-12H2,1H3. The predicted molar refractivity (Wildman–Crippen MR) is 68.2 cm³/mol. The molecule has 1 aromatic rings. The molecule has 0 unspecified atom stereocenters. The Morgan fingerprint density at radius 3 is 2.56 bits per heavy atom. The second-order valence-corrected chi connectivity index (χ2v) is 4.17. The summed E-state index contributed by atoms with van der Waals surface area (Å²) in [5.74, 6) is 0.292. The van der Waals surface area contributed by atoms with Crippen molar-refractivity contribution >= 4 is 5.78 Å². The second kappa shape index (κ2) is 8.09. The molecule has 1 rings (SSSR count). The summed E-state index contributed by atoms with van der Waals surface area (Å²) in [4.78, 5) is 11.5. The molecule has 0 spiro atoms. The molecule has 1 radical (unpaired) electrons. The minimum Gasteiger partial charge on any atom is -0.299 e. The average molecular weight is 217 g/mol. The monoisotopic (exact) mass is 217 g/mol. The fraction of sp³-hybridized carbons (Fsp3) is 0.467. The number of carbonyl (C=O) groups is 1. The van der Waals surface area contributed by atoms with E-state index >= 15 is 0 Å². The van der Waals surface area contributed by atoms with Crippen LogP contribution in [0.15, 0.2) is 30.3 Å². The lowest BCUT2D eigenvalue weighted by Crippen LogP contribution is -2.01. The van der Waals surface area contributed by atoms with E-state index in [2.05, 4.69) is 19.1 Å². The molecule has 0 heterocycles. The van der Waals surface area contributed by atoms with Crippen molar-refractivity contribution in [2.45, 2.75) is 45.4 Å². The molecule has 0 amide bonds.